The molecular formula is C19H25N5O. The highest BCUT2D eigenvalue weighted by Crippen LogP contribution is 2.30. The van der Waals surface area contributed by atoms with E-state index in [2.05, 4.69) is 63.6 Å². The monoisotopic (exact) mass is 339 g/mol. The van der Waals surface area contributed by atoms with Gasteiger partial charge in [-0.1, -0.05) is 31.1 Å². The van der Waals surface area contributed by atoms with Gasteiger partial charge in [0.25, 0.3) is 0 Å². The maximum Gasteiger partial charge on any atom is 0.243 e. The molecule has 0 radical (unpaired) electrons. The van der Waals surface area contributed by atoms with Crippen molar-refractivity contribution in [3.8, 4) is 0 Å². The predicted molar refractivity (Wildman–Crippen MR) is 96.4 cm³/mol. The molecule has 6 heteroatoms. The molecule has 0 amide bonds. The van der Waals surface area contributed by atoms with Crippen molar-refractivity contribution in [2.24, 2.45) is 0 Å². The Hall–Kier alpha value is -2.21. The van der Waals surface area contributed by atoms with Crippen LogP contribution in [0.5, 0.6) is 0 Å². The third-order valence-corrected chi connectivity index (χ3v) is 5.18. The van der Waals surface area contributed by atoms with Gasteiger partial charge in [0.1, 0.15) is 0 Å². The Balaban J connectivity index is 1.54. The van der Waals surface area contributed by atoms with Crippen molar-refractivity contribution in [3.63, 3.8) is 0 Å². The minimum Gasteiger partial charge on any atom is -0.338 e. The Labute approximate surface area is 147 Å². The van der Waals surface area contributed by atoms with Crippen molar-refractivity contribution < 1.29 is 4.52 Å². The quantitative estimate of drug-likeness (QED) is 0.720. The molecule has 1 fully saturated rings. The molecule has 4 rings (SSSR count). The van der Waals surface area contributed by atoms with E-state index in [1.165, 1.54) is 11.9 Å². The second-order valence-corrected chi connectivity index (χ2v) is 7.25. The molecule has 3 heterocycles. The number of likely N-dealkylation sites (tertiary alicyclic amines) is 1. The highest BCUT2D eigenvalue weighted by Gasteiger charge is 2.29. The average molecular weight is 339 g/mol. The van der Waals surface area contributed by atoms with Crippen LogP contribution in [0.4, 0.5) is 0 Å². The molecule has 25 heavy (non-hydrogen) atoms. The van der Waals surface area contributed by atoms with E-state index < -0.39 is 0 Å². The number of hydrogen-bond acceptors (Lipinski definition) is 5. The molecule has 0 bridgehead atoms. The fraction of sp³-hybridized carbons (Fsp3) is 0.526. The molecule has 0 N–H and O–H groups in total. The largest absolute Gasteiger partial charge is 0.338 e. The van der Waals surface area contributed by atoms with Gasteiger partial charge in [-0.2, -0.15) is 4.98 Å². The number of fused-ring (bicyclic) bond motifs is 1. The number of para-hydroxylation sites is 2. The number of hydrogen-bond donors (Lipinski definition) is 0. The van der Waals surface area contributed by atoms with Gasteiger partial charge < -0.3 is 9.09 Å². The van der Waals surface area contributed by atoms with Crippen LogP contribution in [0, 0.1) is 0 Å². The summed E-state index contributed by atoms with van der Waals surface area (Å²) in [6.45, 7) is 8.36. The smallest absolute Gasteiger partial charge is 0.243 e. The second-order valence-electron chi connectivity index (χ2n) is 7.25. The van der Waals surface area contributed by atoms with Crippen LogP contribution < -0.4 is 0 Å². The molecule has 6 nitrogen and oxygen atoms in total. The van der Waals surface area contributed by atoms with E-state index in [1.54, 1.807) is 0 Å². The van der Waals surface area contributed by atoms with Gasteiger partial charge in [0, 0.05) is 18.5 Å². The number of benzene rings is 1. The average Bonchev–Trinajstić information content (AvgIpc) is 3.28. The fourth-order valence-corrected chi connectivity index (χ4v) is 3.64. The van der Waals surface area contributed by atoms with Crippen LogP contribution in [0.3, 0.4) is 0 Å². The van der Waals surface area contributed by atoms with E-state index in [9.17, 15) is 0 Å². The first-order valence-electron chi connectivity index (χ1n) is 9.12. The number of piperidine rings is 1. The van der Waals surface area contributed by atoms with Crippen LogP contribution in [0.1, 0.15) is 63.3 Å². The van der Waals surface area contributed by atoms with E-state index in [0.717, 1.165) is 36.7 Å². The van der Waals surface area contributed by atoms with Gasteiger partial charge >= 0.3 is 0 Å². The van der Waals surface area contributed by atoms with E-state index in [4.69, 9.17) is 4.52 Å². The molecule has 132 valence electrons. The van der Waals surface area contributed by atoms with Crippen molar-refractivity contribution in [1.82, 2.24) is 24.6 Å². The van der Waals surface area contributed by atoms with Crippen molar-refractivity contribution in [3.05, 3.63) is 42.3 Å². The molecule has 0 unspecified atom stereocenters. The van der Waals surface area contributed by atoms with E-state index in [-0.39, 0.29) is 12.0 Å². The zero-order valence-corrected chi connectivity index (χ0v) is 15.1. The van der Waals surface area contributed by atoms with Gasteiger partial charge in [0.05, 0.1) is 23.4 Å². The Morgan fingerprint density at radius 2 is 2.04 bits per heavy atom. The molecule has 1 aliphatic rings. The van der Waals surface area contributed by atoms with E-state index in [1.807, 2.05) is 12.4 Å². The highest BCUT2D eigenvalue weighted by molar-refractivity contribution is 5.75. The molecule has 1 aromatic carbocycles. The van der Waals surface area contributed by atoms with E-state index >= 15 is 0 Å². The topological polar surface area (TPSA) is 60.0 Å². The Morgan fingerprint density at radius 3 is 2.84 bits per heavy atom. The summed E-state index contributed by atoms with van der Waals surface area (Å²) >= 11 is 0. The molecule has 0 spiro atoms. The van der Waals surface area contributed by atoms with Crippen LogP contribution in [-0.4, -0.2) is 37.7 Å². The Morgan fingerprint density at radius 1 is 1.20 bits per heavy atom. The molecule has 2 atom stereocenters. The highest BCUT2D eigenvalue weighted by atomic mass is 16.5. The van der Waals surface area contributed by atoms with Gasteiger partial charge in [0.2, 0.25) is 5.89 Å². The van der Waals surface area contributed by atoms with Gasteiger partial charge in [-0.3, -0.25) is 4.90 Å². The summed E-state index contributed by atoms with van der Waals surface area (Å²) in [7, 11) is 0. The summed E-state index contributed by atoms with van der Waals surface area (Å²) in [5, 5.41) is 4.11. The number of rotatable bonds is 4. The standard InChI is InChI=1S/C19H25N5O/c1-13(2)18-21-19(25-22-18)14(3)23-10-6-7-15(11-23)24-12-20-16-8-4-5-9-17(16)24/h4-5,8-9,12-15H,6-7,10-11H2,1-3H3/t14-,15-/m0/s1. The Kier molecular flexibility index (Phi) is 4.29. The number of nitrogens with zero attached hydrogens (tertiary/aromatic N) is 5. The normalized spacial score (nSPS) is 20.4. The van der Waals surface area contributed by atoms with Crippen LogP contribution in [0.15, 0.2) is 35.1 Å². The molecule has 2 aromatic heterocycles. The van der Waals surface area contributed by atoms with Gasteiger partial charge in [-0.05, 0) is 38.4 Å². The fourth-order valence-electron chi connectivity index (χ4n) is 3.64. The lowest BCUT2D eigenvalue weighted by molar-refractivity contribution is 0.115. The molecular weight excluding hydrogens is 314 g/mol. The first-order chi connectivity index (χ1) is 12.1. The maximum atomic E-state index is 5.52. The molecule has 1 saturated heterocycles. The van der Waals surface area contributed by atoms with Crippen LogP contribution in [0.25, 0.3) is 11.0 Å². The van der Waals surface area contributed by atoms with Crippen molar-refractivity contribution in [2.75, 3.05) is 13.1 Å². The zero-order chi connectivity index (χ0) is 17.4. The molecule has 0 aliphatic carbocycles. The lowest BCUT2D eigenvalue weighted by atomic mass is 10.0. The summed E-state index contributed by atoms with van der Waals surface area (Å²) in [4.78, 5) is 11.6. The number of imidazole rings is 1. The zero-order valence-electron chi connectivity index (χ0n) is 15.1. The van der Waals surface area contributed by atoms with Crippen molar-refractivity contribution >= 4 is 11.0 Å². The number of aromatic nitrogens is 4. The Bertz CT molecular complexity index is 852. The van der Waals surface area contributed by atoms with Gasteiger partial charge in [-0.15, -0.1) is 0 Å². The molecule has 0 saturated carbocycles. The maximum absolute atomic E-state index is 5.52. The third kappa shape index (κ3) is 3.06. The van der Waals surface area contributed by atoms with Gasteiger partial charge in [-0.25, -0.2) is 4.98 Å². The summed E-state index contributed by atoms with van der Waals surface area (Å²) in [5.74, 6) is 1.80. The summed E-state index contributed by atoms with van der Waals surface area (Å²) < 4.78 is 7.84. The predicted octanol–water partition coefficient (Wildman–Crippen LogP) is 3.94. The summed E-state index contributed by atoms with van der Waals surface area (Å²) in [6, 6.07) is 8.90. The molecule has 1 aliphatic heterocycles. The SMILES string of the molecule is CC(C)c1noc([C@H](C)N2CCC[C@H](n3cnc4ccccc43)C2)n1. The van der Waals surface area contributed by atoms with Crippen LogP contribution in [-0.2, 0) is 0 Å². The van der Waals surface area contributed by atoms with Crippen LogP contribution in [0.2, 0.25) is 0 Å². The summed E-state index contributed by atoms with van der Waals surface area (Å²) in [6.07, 6.45) is 4.31. The first kappa shape index (κ1) is 16.3. The lowest BCUT2D eigenvalue weighted by Gasteiger charge is -2.36. The van der Waals surface area contributed by atoms with Crippen LogP contribution >= 0.6 is 0 Å². The third-order valence-electron chi connectivity index (χ3n) is 5.18. The minimum atomic E-state index is 0.137. The van der Waals surface area contributed by atoms with Crippen molar-refractivity contribution in [2.45, 2.75) is 51.6 Å². The lowest BCUT2D eigenvalue weighted by Crippen LogP contribution is -2.38. The summed E-state index contributed by atoms with van der Waals surface area (Å²) in [5.41, 5.74) is 2.27. The molecule has 3 aromatic rings. The first-order valence-corrected chi connectivity index (χ1v) is 9.12. The second kappa shape index (κ2) is 6.59. The minimum absolute atomic E-state index is 0.137. The van der Waals surface area contributed by atoms with Gasteiger partial charge in [0.15, 0.2) is 5.82 Å². The van der Waals surface area contributed by atoms with Crippen molar-refractivity contribution in [1.29, 1.82) is 0 Å². The van der Waals surface area contributed by atoms with E-state index in [0.29, 0.717) is 6.04 Å².